The molecule has 0 atom stereocenters. The first-order valence-corrected chi connectivity index (χ1v) is 11.6. The Hall–Kier alpha value is -2.78. The Bertz CT molecular complexity index is 1250. The zero-order valence-corrected chi connectivity index (χ0v) is 20.1. The molecule has 1 saturated heterocycles. The minimum atomic E-state index is -0.386. The van der Waals surface area contributed by atoms with Crippen molar-refractivity contribution in [3.8, 4) is 5.75 Å². The van der Waals surface area contributed by atoms with Crippen LogP contribution in [0.2, 0.25) is 10.0 Å². The largest absolute Gasteiger partial charge is 0.484 e. The van der Waals surface area contributed by atoms with Crippen molar-refractivity contribution in [2.75, 3.05) is 11.9 Å². The first kappa shape index (κ1) is 23.4. The quantitative estimate of drug-likeness (QED) is 0.305. The number of furan rings is 1. The summed E-state index contributed by atoms with van der Waals surface area (Å²) in [5.41, 5.74) is 1.15. The fourth-order valence-electron chi connectivity index (χ4n) is 2.98. The number of nitrogens with one attached hydrogen (secondary N) is 1. The number of carbonyl (C=O) groups excluding carboxylic acids is 2. The van der Waals surface area contributed by atoms with Gasteiger partial charge in [0.05, 0.1) is 33.4 Å². The Balaban J connectivity index is 1.39. The summed E-state index contributed by atoms with van der Waals surface area (Å²) in [6.45, 7) is 0.0570. The van der Waals surface area contributed by atoms with E-state index in [1.165, 1.54) is 16.7 Å². The number of hydrogen-bond donors (Lipinski definition) is 1. The topological polar surface area (TPSA) is 71.8 Å². The number of hydrogen-bond acceptors (Lipinski definition) is 6. The van der Waals surface area contributed by atoms with Gasteiger partial charge in [-0.3, -0.25) is 14.5 Å². The number of thioether (sulfide) groups is 1. The van der Waals surface area contributed by atoms with E-state index in [-0.39, 0.29) is 30.0 Å². The van der Waals surface area contributed by atoms with Gasteiger partial charge in [0.1, 0.15) is 15.8 Å². The van der Waals surface area contributed by atoms with Crippen LogP contribution in [0.4, 0.5) is 5.69 Å². The van der Waals surface area contributed by atoms with Gasteiger partial charge >= 0.3 is 0 Å². The molecule has 0 saturated carbocycles. The lowest BCUT2D eigenvalue weighted by Crippen LogP contribution is -2.27. The molecule has 1 aromatic heterocycles. The minimum Gasteiger partial charge on any atom is -0.484 e. The number of anilines is 1. The van der Waals surface area contributed by atoms with Gasteiger partial charge in [0.25, 0.3) is 11.8 Å². The van der Waals surface area contributed by atoms with Crippen molar-refractivity contribution in [1.82, 2.24) is 4.90 Å². The van der Waals surface area contributed by atoms with Crippen molar-refractivity contribution in [2.45, 2.75) is 6.54 Å². The lowest BCUT2D eigenvalue weighted by atomic mass is 10.2. The highest BCUT2D eigenvalue weighted by atomic mass is 35.5. The Morgan fingerprint density at radius 2 is 2.00 bits per heavy atom. The summed E-state index contributed by atoms with van der Waals surface area (Å²) < 4.78 is 11.4. The zero-order valence-electron chi connectivity index (χ0n) is 16.9. The predicted octanol–water partition coefficient (Wildman–Crippen LogP) is 6.01. The maximum absolute atomic E-state index is 12.8. The SMILES string of the molecule is O=C(COc1cccc(/C=C2\SC(=S)N(Cc3ccco3)C2=O)c1)Nc1cccc(Cl)c1Cl. The number of rotatable bonds is 7. The van der Waals surface area contributed by atoms with Gasteiger partial charge in [0.2, 0.25) is 0 Å². The van der Waals surface area contributed by atoms with Gasteiger partial charge in [-0.25, -0.2) is 0 Å². The van der Waals surface area contributed by atoms with E-state index in [1.54, 1.807) is 60.9 Å². The summed E-state index contributed by atoms with van der Waals surface area (Å²) in [5, 5.41) is 3.27. The highest BCUT2D eigenvalue weighted by Crippen LogP contribution is 2.34. The number of carbonyl (C=O) groups is 2. The molecule has 10 heteroatoms. The van der Waals surface area contributed by atoms with Crippen LogP contribution in [-0.2, 0) is 16.1 Å². The molecule has 3 aromatic rings. The van der Waals surface area contributed by atoms with Crippen LogP contribution in [0, 0.1) is 0 Å². The molecule has 1 aliphatic rings. The van der Waals surface area contributed by atoms with Crippen LogP contribution in [0.5, 0.6) is 5.75 Å². The number of ether oxygens (including phenoxy) is 1. The second-order valence-corrected chi connectivity index (χ2v) is 9.32. The van der Waals surface area contributed by atoms with E-state index in [0.717, 1.165) is 5.56 Å². The molecule has 1 fully saturated rings. The summed E-state index contributed by atoms with van der Waals surface area (Å²) in [6, 6.07) is 15.6. The molecule has 168 valence electrons. The van der Waals surface area contributed by atoms with E-state index >= 15 is 0 Å². The maximum Gasteiger partial charge on any atom is 0.266 e. The van der Waals surface area contributed by atoms with E-state index in [9.17, 15) is 9.59 Å². The number of halogens is 2. The van der Waals surface area contributed by atoms with Gasteiger partial charge in [0.15, 0.2) is 6.61 Å². The van der Waals surface area contributed by atoms with Gasteiger partial charge in [-0.05, 0) is 48.0 Å². The lowest BCUT2D eigenvalue weighted by Gasteiger charge is -2.12. The van der Waals surface area contributed by atoms with Gasteiger partial charge in [-0.15, -0.1) is 0 Å². The van der Waals surface area contributed by atoms with E-state index < -0.39 is 0 Å². The Morgan fingerprint density at radius 1 is 1.18 bits per heavy atom. The molecule has 0 unspecified atom stereocenters. The van der Waals surface area contributed by atoms with Crippen molar-refractivity contribution < 1.29 is 18.7 Å². The van der Waals surface area contributed by atoms with Crippen LogP contribution in [-0.4, -0.2) is 27.6 Å². The van der Waals surface area contributed by atoms with Crippen molar-refractivity contribution in [2.24, 2.45) is 0 Å². The van der Waals surface area contributed by atoms with Gasteiger partial charge in [-0.2, -0.15) is 0 Å². The molecule has 2 amide bonds. The second kappa shape index (κ2) is 10.4. The van der Waals surface area contributed by atoms with Crippen LogP contribution in [0.15, 0.2) is 70.2 Å². The molecule has 33 heavy (non-hydrogen) atoms. The fraction of sp³-hybridized carbons (Fsp3) is 0.0870. The first-order valence-electron chi connectivity index (χ1n) is 9.65. The third kappa shape index (κ3) is 5.78. The van der Waals surface area contributed by atoms with Gasteiger partial charge in [-0.1, -0.05) is 65.4 Å². The van der Waals surface area contributed by atoms with E-state index in [2.05, 4.69) is 5.32 Å². The highest BCUT2D eigenvalue weighted by Gasteiger charge is 2.32. The Kier molecular flexibility index (Phi) is 7.39. The van der Waals surface area contributed by atoms with Crippen LogP contribution < -0.4 is 10.1 Å². The molecular weight excluding hydrogens is 503 g/mol. The van der Waals surface area contributed by atoms with Crippen molar-refractivity contribution >= 4 is 75.1 Å². The van der Waals surface area contributed by atoms with Crippen LogP contribution in [0.3, 0.4) is 0 Å². The molecular formula is C23H16Cl2N2O4S2. The van der Waals surface area contributed by atoms with Gasteiger partial charge in [0, 0.05) is 0 Å². The Morgan fingerprint density at radius 3 is 2.79 bits per heavy atom. The molecule has 1 aliphatic heterocycles. The average molecular weight is 519 g/mol. The lowest BCUT2D eigenvalue weighted by molar-refractivity contribution is -0.122. The highest BCUT2D eigenvalue weighted by molar-refractivity contribution is 8.26. The monoisotopic (exact) mass is 518 g/mol. The number of benzene rings is 2. The molecule has 1 N–H and O–H groups in total. The predicted molar refractivity (Wildman–Crippen MR) is 134 cm³/mol. The molecule has 0 spiro atoms. The van der Waals surface area contributed by atoms with Gasteiger partial charge < -0.3 is 14.5 Å². The van der Waals surface area contributed by atoms with E-state index in [4.69, 9.17) is 44.6 Å². The summed E-state index contributed by atoms with van der Waals surface area (Å²) >= 11 is 18.6. The van der Waals surface area contributed by atoms with Crippen LogP contribution in [0.25, 0.3) is 6.08 Å². The number of amides is 2. The van der Waals surface area contributed by atoms with Crippen molar-refractivity contribution in [1.29, 1.82) is 0 Å². The smallest absolute Gasteiger partial charge is 0.266 e. The normalized spacial score (nSPS) is 14.7. The summed E-state index contributed by atoms with van der Waals surface area (Å²) in [4.78, 5) is 27.0. The minimum absolute atomic E-state index is 0.189. The third-order valence-corrected chi connectivity index (χ3v) is 6.72. The molecule has 0 radical (unpaired) electrons. The first-order chi connectivity index (χ1) is 15.9. The fourth-order valence-corrected chi connectivity index (χ4v) is 4.58. The standard InChI is InChI=1S/C23H16Cl2N2O4S2/c24-17-7-2-8-18(21(17)25)26-20(28)13-31-15-5-1-4-14(10-15)11-19-22(29)27(23(32)33-19)12-16-6-3-9-30-16/h1-11H,12-13H2,(H,26,28)/b19-11-. The van der Waals surface area contributed by atoms with Crippen LogP contribution in [0.1, 0.15) is 11.3 Å². The molecule has 0 aliphatic carbocycles. The second-order valence-electron chi connectivity index (χ2n) is 6.86. The number of nitrogens with zero attached hydrogens (tertiary/aromatic N) is 1. The van der Waals surface area contributed by atoms with Crippen molar-refractivity contribution in [3.05, 3.63) is 87.1 Å². The molecule has 2 aromatic carbocycles. The zero-order chi connectivity index (χ0) is 23.4. The third-order valence-electron chi connectivity index (χ3n) is 4.52. The molecule has 6 nitrogen and oxygen atoms in total. The summed E-state index contributed by atoms with van der Waals surface area (Å²) in [7, 11) is 0. The Labute approximate surface area is 209 Å². The summed E-state index contributed by atoms with van der Waals surface area (Å²) in [5.74, 6) is 0.552. The maximum atomic E-state index is 12.8. The van der Waals surface area contributed by atoms with Crippen LogP contribution >= 0.6 is 47.2 Å². The van der Waals surface area contributed by atoms with E-state index in [0.29, 0.717) is 31.4 Å². The number of thiocarbonyl (C=S) groups is 1. The van der Waals surface area contributed by atoms with Crippen molar-refractivity contribution in [3.63, 3.8) is 0 Å². The summed E-state index contributed by atoms with van der Waals surface area (Å²) in [6.07, 6.45) is 3.29. The average Bonchev–Trinajstić information content (AvgIpc) is 3.40. The molecule has 2 heterocycles. The molecule has 0 bridgehead atoms. The van der Waals surface area contributed by atoms with E-state index in [1.807, 2.05) is 6.07 Å². The molecule has 4 rings (SSSR count).